The van der Waals surface area contributed by atoms with Crippen molar-refractivity contribution in [3.63, 3.8) is 0 Å². The SMILES string of the molecule is Cc1cc(N2CCN(S(=O)(=O)C3CC3)CC2)nc(N2CCCC2)n1. The highest BCUT2D eigenvalue weighted by Gasteiger charge is 2.41. The van der Waals surface area contributed by atoms with Gasteiger partial charge in [-0.3, -0.25) is 0 Å². The average molecular weight is 351 g/mol. The van der Waals surface area contributed by atoms with E-state index in [0.717, 1.165) is 43.4 Å². The molecule has 4 rings (SSSR count). The maximum atomic E-state index is 12.3. The summed E-state index contributed by atoms with van der Waals surface area (Å²) in [6, 6.07) is 2.00. The van der Waals surface area contributed by atoms with E-state index in [1.807, 2.05) is 13.0 Å². The van der Waals surface area contributed by atoms with Crippen molar-refractivity contribution in [2.24, 2.45) is 0 Å². The standard InChI is InChI=1S/C16H25N5O2S/c1-13-12-15(18-16(17-13)20-6-2-3-7-20)19-8-10-21(11-9-19)24(22,23)14-4-5-14/h12,14H,2-11H2,1H3. The molecule has 3 fully saturated rings. The van der Waals surface area contributed by atoms with Crippen molar-refractivity contribution >= 4 is 21.8 Å². The number of hydrogen-bond acceptors (Lipinski definition) is 6. The topological polar surface area (TPSA) is 69.6 Å². The fourth-order valence-electron chi connectivity index (χ4n) is 3.51. The number of aromatic nitrogens is 2. The van der Waals surface area contributed by atoms with Crippen molar-refractivity contribution < 1.29 is 8.42 Å². The molecule has 0 unspecified atom stereocenters. The van der Waals surface area contributed by atoms with Gasteiger partial charge in [-0.1, -0.05) is 0 Å². The Hall–Kier alpha value is -1.41. The van der Waals surface area contributed by atoms with Crippen LogP contribution in [0.4, 0.5) is 11.8 Å². The quantitative estimate of drug-likeness (QED) is 0.806. The van der Waals surface area contributed by atoms with Gasteiger partial charge in [-0.05, 0) is 32.6 Å². The molecular formula is C16H25N5O2S. The second-order valence-electron chi connectivity index (χ2n) is 6.99. The lowest BCUT2D eigenvalue weighted by atomic mass is 10.3. The van der Waals surface area contributed by atoms with Crippen molar-refractivity contribution in [1.82, 2.24) is 14.3 Å². The molecule has 0 amide bonds. The highest BCUT2D eigenvalue weighted by Crippen LogP contribution is 2.32. The third-order valence-corrected chi connectivity index (χ3v) is 7.48. The first-order valence-electron chi connectivity index (χ1n) is 8.88. The fourth-order valence-corrected chi connectivity index (χ4v) is 5.33. The smallest absolute Gasteiger partial charge is 0.227 e. The molecule has 0 radical (unpaired) electrons. The largest absolute Gasteiger partial charge is 0.354 e. The van der Waals surface area contributed by atoms with Crippen molar-refractivity contribution in [2.75, 3.05) is 49.1 Å². The van der Waals surface area contributed by atoms with Crippen molar-refractivity contribution in [3.05, 3.63) is 11.8 Å². The predicted octanol–water partition coefficient (Wildman–Crippen LogP) is 0.999. The van der Waals surface area contributed by atoms with E-state index >= 15 is 0 Å². The van der Waals surface area contributed by atoms with E-state index in [0.29, 0.717) is 26.2 Å². The lowest BCUT2D eigenvalue weighted by molar-refractivity contribution is 0.383. The van der Waals surface area contributed by atoms with E-state index in [-0.39, 0.29) is 5.25 Å². The van der Waals surface area contributed by atoms with E-state index < -0.39 is 10.0 Å². The van der Waals surface area contributed by atoms with Crippen LogP contribution in [0.3, 0.4) is 0 Å². The molecule has 2 saturated heterocycles. The first kappa shape index (κ1) is 16.1. The molecule has 1 aromatic rings. The van der Waals surface area contributed by atoms with Gasteiger partial charge in [0.05, 0.1) is 5.25 Å². The van der Waals surface area contributed by atoms with Gasteiger partial charge in [-0.15, -0.1) is 0 Å². The number of nitrogens with zero attached hydrogens (tertiary/aromatic N) is 5. The summed E-state index contributed by atoms with van der Waals surface area (Å²) in [6.45, 7) is 6.55. The Labute approximate surface area is 143 Å². The van der Waals surface area contributed by atoms with Gasteiger partial charge in [0.25, 0.3) is 0 Å². The molecule has 0 atom stereocenters. The normalized spacial score (nSPS) is 23.0. The molecule has 2 aliphatic heterocycles. The summed E-state index contributed by atoms with van der Waals surface area (Å²) in [5.74, 6) is 1.74. The molecule has 1 aromatic heterocycles. The Kier molecular flexibility index (Phi) is 4.12. The summed E-state index contributed by atoms with van der Waals surface area (Å²) < 4.78 is 26.4. The van der Waals surface area contributed by atoms with Gasteiger partial charge in [-0.2, -0.15) is 9.29 Å². The Morgan fingerprint density at radius 2 is 1.62 bits per heavy atom. The van der Waals surface area contributed by atoms with Crippen LogP contribution in [0.5, 0.6) is 0 Å². The molecule has 1 aliphatic carbocycles. The van der Waals surface area contributed by atoms with Gasteiger partial charge in [0.15, 0.2) is 0 Å². The van der Waals surface area contributed by atoms with Crippen LogP contribution < -0.4 is 9.80 Å². The molecule has 132 valence electrons. The molecule has 1 saturated carbocycles. The van der Waals surface area contributed by atoms with Crippen molar-refractivity contribution in [1.29, 1.82) is 0 Å². The summed E-state index contributed by atoms with van der Waals surface area (Å²) >= 11 is 0. The van der Waals surface area contributed by atoms with Crippen molar-refractivity contribution in [2.45, 2.75) is 37.9 Å². The molecule has 24 heavy (non-hydrogen) atoms. The molecule has 7 nitrogen and oxygen atoms in total. The highest BCUT2D eigenvalue weighted by atomic mass is 32.2. The van der Waals surface area contributed by atoms with Crippen LogP contribution in [-0.2, 0) is 10.0 Å². The minimum absolute atomic E-state index is 0.118. The maximum Gasteiger partial charge on any atom is 0.227 e. The summed E-state index contributed by atoms with van der Waals surface area (Å²) in [4.78, 5) is 13.8. The van der Waals surface area contributed by atoms with Gasteiger partial charge < -0.3 is 9.80 Å². The van der Waals surface area contributed by atoms with Crippen LogP contribution in [0.1, 0.15) is 31.4 Å². The monoisotopic (exact) mass is 351 g/mol. The lowest BCUT2D eigenvalue weighted by Gasteiger charge is -2.35. The second kappa shape index (κ2) is 6.15. The third kappa shape index (κ3) is 3.09. The number of anilines is 2. The first-order chi connectivity index (χ1) is 11.5. The highest BCUT2D eigenvalue weighted by molar-refractivity contribution is 7.90. The van der Waals surface area contributed by atoms with Crippen LogP contribution in [0.25, 0.3) is 0 Å². The molecule has 0 bridgehead atoms. The van der Waals surface area contributed by atoms with E-state index in [4.69, 9.17) is 4.98 Å². The minimum Gasteiger partial charge on any atom is -0.354 e. The van der Waals surface area contributed by atoms with Crippen LogP contribution in [0, 0.1) is 6.92 Å². The third-order valence-electron chi connectivity index (χ3n) is 5.09. The number of hydrogen-bond donors (Lipinski definition) is 0. The van der Waals surface area contributed by atoms with E-state index in [1.54, 1.807) is 4.31 Å². The second-order valence-corrected chi connectivity index (χ2v) is 9.21. The van der Waals surface area contributed by atoms with E-state index in [2.05, 4.69) is 14.8 Å². The molecular weight excluding hydrogens is 326 g/mol. The van der Waals surface area contributed by atoms with Gasteiger partial charge in [-0.25, -0.2) is 13.4 Å². The zero-order valence-corrected chi connectivity index (χ0v) is 15.0. The van der Waals surface area contributed by atoms with E-state index in [9.17, 15) is 8.42 Å². The summed E-state index contributed by atoms with van der Waals surface area (Å²) in [5.41, 5.74) is 0.968. The number of piperazine rings is 1. The molecule has 0 N–H and O–H groups in total. The van der Waals surface area contributed by atoms with Crippen LogP contribution in [0.2, 0.25) is 0 Å². The average Bonchev–Trinajstić information content (AvgIpc) is 3.30. The Morgan fingerprint density at radius 3 is 2.25 bits per heavy atom. The van der Waals surface area contributed by atoms with Gasteiger partial charge in [0.2, 0.25) is 16.0 Å². The van der Waals surface area contributed by atoms with Gasteiger partial charge in [0.1, 0.15) is 5.82 Å². The lowest BCUT2D eigenvalue weighted by Crippen LogP contribution is -2.49. The number of aryl methyl sites for hydroxylation is 1. The van der Waals surface area contributed by atoms with Gasteiger partial charge >= 0.3 is 0 Å². The summed E-state index contributed by atoms with van der Waals surface area (Å²) in [7, 11) is -3.06. The molecule has 8 heteroatoms. The van der Waals surface area contributed by atoms with E-state index in [1.165, 1.54) is 12.8 Å². The van der Waals surface area contributed by atoms with Gasteiger partial charge in [0, 0.05) is 51.0 Å². The van der Waals surface area contributed by atoms with Crippen molar-refractivity contribution in [3.8, 4) is 0 Å². The summed E-state index contributed by atoms with van der Waals surface area (Å²) in [6.07, 6.45) is 4.05. The Bertz CT molecular complexity index is 705. The molecule has 3 aliphatic rings. The van der Waals surface area contributed by atoms with Crippen LogP contribution >= 0.6 is 0 Å². The predicted molar refractivity (Wildman–Crippen MR) is 93.9 cm³/mol. The van der Waals surface area contributed by atoms with Crippen LogP contribution in [0.15, 0.2) is 6.07 Å². The molecule has 0 aromatic carbocycles. The Morgan fingerprint density at radius 1 is 0.958 bits per heavy atom. The molecule has 0 spiro atoms. The fraction of sp³-hybridized carbons (Fsp3) is 0.750. The maximum absolute atomic E-state index is 12.3. The Balaban J connectivity index is 1.47. The number of sulfonamides is 1. The summed E-state index contributed by atoms with van der Waals surface area (Å²) in [5, 5.41) is -0.118. The number of rotatable bonds is 4. The zero-order chi connectivity index (χ0) is 16.7. The zero-order valence-electron chi connectivity index (χ0n) is 14.2. The minimum atomic E-state index is -3.06. The van der Waals surface area contributed by atoms with Crippen LogP contribution in [-0.4, -0.2) is 67.2 Å². The molecule has 3 heterocycles. The first-order valence-corrected chi connectivity index (χ1v) is 10.4.